The van der Waals surface area contributed by atoms with Gasteiger partial charge in [-0.3, -0.25) is 0 Å². The topological polar surface area (TPSA) is 6.48 Å². The van der Waals surface area contributed by atoms with E-state index < -0.39 is 0 Å². The number of hydrazine groups is 1. The van der Waals surface area contributed by atoms with Gasteiger partial charge in [0.05, 0.1) is 22.7 Å². The number of nitrogens with zero attached hydrogens (tertiary/aromatic N) is 2. The molecule has 2 heteroatoms. The molecule has 10 rings (SSSR count). The number of benzene rings is 7. The molecule has 7 aromatic carbocycles. The number of fused-ring (bicyclic) bond motifs is 9. The second-order valence-electron chi connectivity index (χ2n) is 13.3. The summed E-state index contributed by atoms with van der Waals surface area (Å²) in [7, 11) is 0. The Kier molecular flexibility index (Phi) is 6.01. The minimum absolute atomic E-state index is 0.910. The number of hydrogen-bond acceptors (Lipinski definition) is 2. The van der Waals surface area contributed by atoms with Gasteiger partial charge in [-0.1, -0.05) is 127 Å². The lowest BCUT2D eigenvalue weighted by molar-refractivity contribution is 0.954. The van der Waals surface area contributed by atoms with Crippen molar-refractivity contribution in [2.24, 2.45) is 0 Å². The summed E-state index contributed by atoms with van der Waals surface area (Å²) < 4.78 is 0. The van der Waals surface area contributed by atoms with E-state index >= 15 is 0 Å². The van der Waals surface area contributed by atoms with Crippen LogP contribution in [0.1, 0.15) is 38.9 Å². The molecule has 0 N–H and O–H groups in total. The maximum absolute atomic E-state index is 2.57. The van der Waals surface area contributed by atoms with Gasteiger partial charge in [0.25, 0.3) is 0 Å². The summed E-state index contributed by atoms with van der Waals surface area (Å²) >= 11 is 0. The predicted octanol–water partition coefficient (Wildman–Crippen LogP) is 11.6. The summed E-state index contributed by atoms with van der Waals surface area (Å²) in [5.74, 6) is 0. The smallest absolute Gasteiger partial charge is 0.0678 e. The molecule has 0 amide bonds. The van der Waals surface area contributed by atoms with Crippen molar-refractivity contribution in [1.29, 1.82) is 0 Å². The second kappa shape index (κ2) is 10.6. The number of anilines is 4. The van der Waals surface area contributed by atoms with Gasteiger partial charge in [0.1, 0.15) is 0 Å². The van der Waals surface area contributed by atoms with Gasteiger partial charge in [-0.15, -0.1) is 0 Å². The Hall–Kier alpha value is -5.86. The molecule has 3 aliphatic rings. The molecule has 48 heavy (non-hydrogen) atoms. The van der Waals surface area contributed by atoms with Crippen LogP contribution < -0.4 is 10.0 Å². The van der Waals surface area contributed by atoms with E-state index in [9.17, 15) is 0 Å². The first-order valence-corrected chi connectivity index (χ1v) is 17.0. The molecule has 0 fully saturated rings. The van der Waals surface area contributed by atoms with Crippen LogP contribution >= 0.6 is 0 Å². The van der Waals surface area contributed by atoms with Crippen molar-refractivity contribution in [1.82, 2.24) is 0 Å². The number of hydrogen-bond donors (Lipinski definition) is 0. The number of rotatable bonds is 5. The normalized spacial score (nSPS) is 12.9. The van der Waals surface area contributed by atoms with E-state index in [-0.39, 0.29) is 0 Å². The van der Waals surface area contributed by atoms with Crippen LogP contribution in [0.5, 0.6) is 0 Å². The average molecular weight is 615 g/mol. The van der Waals surface area contributed by atoms with Gasteiger partial charge < -0.3 is 0 Å². The van der Waals surface area contributed by atoms with Crippen LogP contribution in [0.15, 0.2) is 152 Å². The van der Waals surface area contributed by atoms with Gasteiger partial charge in [0.15, 0.2) is 0 Å². The zero-order valence-corrected chi connectivity index (χ0v) is 26.9. The maximum atomic E-state index is 2.57. The Balaban J connectivity index is 1.28. The van der Waals surface area contributed by atoms with Crippen LogP contribution in [0, 0.1) is 6.92 Å². The van der Waals surface area contributed by atoms with E-state index in [1.807, 2.05) is 0 Å². The lowest BCUT2D eigenvalue weighted by Gasteiger charge is -2.42. The highest BCUT2D eigenvalue weighted by molar-refractivity contribution is 5.93. The zero-order valence-electron chi connectivity index (χ0n) is 26.9. The van der Waals surface area contributed by atoms with E-state index in [1.165, 1.54) is 95.1 Å². The molecule has 0 aliphatic heterocycles. The van der Waals surface area contributed by atoms with Gasteiger partial charge in [0.2, 0.25) is 0 Å². The lowest BCUT2D eigenvalue weighted by Crippen LogP contribution is -2.38. The quantitative estimate of drug-likeness (QED) is 0.178. The molecule has 3 aliphatic carbocycles. The summed E-state index contributed by atoms with van der Waals surface area (Å²) in [6.07, 6.45) is 2.73. The Morgan fingerprint density at radius 2 is 0.625 bits per heavy atom. The molecular formula is C46H34N2. The third-order valence-electron chi connectivity index (χ3n) is 10.7. The van der Waals surface area contributed by atoms with Gasteiger partial charge in [-0.05, 0) is 104 Å². The first-order valence-electron chi connectivity index (χ1n) is 17.0. The molecule has 0 spiro atoms. The van der Waals surface area contributed by atoms with E-state index in [2.05, 4.69) is 169 Å². The van der Waals surface area contributed by atoms with Crippen molar-refractivity contribution in [2.75, 3.05) is 10.0 Å². The highest BCUT2D eigenvalue weighted by Crippen LogP contribution is 2.51. The Labute approximate surface area is 282 Å². The van der Waals surface area contributed by atoms with Crippen molar-refractivity contribution < 1.29 is 0 Å². The highest BCUT2D eigenvalue weighted by atomic mass is 15.6. The molecule has 2 nitrogen and oxygen atoms in total. The third-order valence-corrected chi connectivity index (χ3v) is 10.7. The van der Waals surface area contributed by atoms with Crippen molar-refractivity contribution in [3.05, 3.63) is 191 Å². The summed E-state index contributed by atoms with van der Waals surface area (Å²) in [6.45, 7) is 2.25. The van der Waals surface area contributed by atoms with Gasteiger partial charge in [-0.25, -0.2) is 10.0 Å². The third kappa shape index (κ3) is 3.99. The summed E-state index contributed by atoms with van der Waals surface area (Å²) in [4.78, 5) is 0. The fourth-order valence-corrected chi connectivity index (χ4v) is 8.51. The van der Waals surface area contributed by atoms with Crippen LogP contribution in [-0.2, 0) is 19.3 Å². The Bertz CT molecular complexity index is 2320. The Morgan fingerprint density at radius 1 is 0.312 bits per heavy atom. The van der Waals surface area contributed by atoms with E-state index in [1.54, 1.807) is 0 Å². The molecule has 0 radical (unpaired) electrons. The van der Waals surface area contributed by atoms with Crippen molar-refractivity contribution in [2.45, 2.75) is 26.2 Å². The molecule has 0 unspecified atom stereocenters. The first-order chi connectivity index (χ1) is 23.7. The highest BCUT2D eigenvalue weighted by Gasteiger charge is 2.34. The molecular weight excluding hydrogens is 581 g/mol. The van der Waals surface area contributed by atoms with Gasteiger partial charge >= 0.3 is 0 Å². The van der Waals surface area contributed by atoms with Crippen LogP contribution in [0.4, 0.5) is 22.7 Å². The molecule has 0 atom stereocenters. The van der Waals surface area contributed by atoms with Crippen molar-refractivity contribution in [3.63, 3.8) is 0 Å². The first kappa shape index (κ1) is 27.3. The largest absolute Gasteiger partial charge is 0.248 e. The maximum Gasteiger partial charge on any atom is 0.0678 e. The molecule has 0 saturated carbocycles. The minimum atomic E-state index is 0.910. The average Bonchev–Trinajstić information content (AvgIpc) is 3.83. The summed E-state index contributed by atoms with van der Waals surface area (Å²) in [5, 5.41) is 5.10. The summed E-state index contributed by atoms with van der Waals surface area (Å²) in [5.41, 5.74) is 22.4. The molecule has 228 valence electrons. The molecule has 0 bridgehead atoms. The Morgan fingerprint density at radius 3 is 1.04 bits per heavy atom. The van der Waals surface area contributed by atoms with Gasteiger partial charge in [-0.2, -0.15) is 0 Å². The molecule has 0 saturated heterocycles. The van der Waals surface area contributed by atoms with E-state index in [0.717, 1.165) is 19.3 Å². The fourth-order valence-electron chi connectivity index (χ4n) is 8.51. The SMILES string of the molecule is Cc1ccccc1N(c1cccc2c1Cc1ccccc1-2)N(c1cccc2c1Cc1ccccc1-2)c1cccc2c1Cc1ccccc1-2. The number of para-hydroxylation sites is 1. The zero-order chi connectivity index (χ0) is 31.8. The van der Waals surface area contributed by atoms with Gasteiger partial charge in [0, 0.05) is 19.3 Å². The predicted molar refractivity (Wildman–Crippen MR) is 200 cm³/mol. The van der Waals surface area contributed by atoms with E-state index in [0.29, 0.717) is 0 Å². The van der Waals surface area contributed by atoms with Crippen molar-refractivity contribution in [3.8, 4) is 33.4 Å². The second-order valence-corrected chi connectivity index (χ2v) is 13.3. The van der Waals surface area contributed by atoms with E-state index in [4.69, 9.17) is 0 Å². The molecule has 0 aromatic heterocycles. The summed E-state index contributed by atoms with van der Waals surface area (Å²) in [6, 6.07) is 56.3. The molecule has 7 aromatic rings. The van der Waals surface area contributed by atoms with Crippen LogP contribution in [-0.4, -0.2) is 0 Å². The monoisotopic (exact) mass is 614 g/mol. The minimum Gasteiger partial charge on any atom is -0.248 e. The lowest BCUT2D eigenvalue weighted by atomic mass is 10.0. The van der Waals surface area contributed by atoms with Crippen LogP contribution in [0.2, 0.25) is 0 Å². The van der Waals surface area contributed by atoms with Crippen LogP contribution in [0.25, 0.3) is 33.4 Å². The van der Waals surface area contributed by atoms with Crippen molar-refractivity contribution >= 4 is 22.7 Å². The standard InChI is InChI=1S/C46H34N2/c1-30-13-2-9-23-43(30)47(44-24-10-20-37-34-17-6-3-14-31(34)27-40(37)44)48(45-25-11-21-38-35-18-7-4-15-32(35)28-41(38)45)46-26-12-22-39-36-19-8-5-16-33(36)29-42(39)46/h2-26H,27-29H2,1H3. The fraction of sp³-hybridized carbons (Fsp3) is 0.0870. The van der Waals surface area contributed by atoms with Crippen LogP contribution in [0.3, 0.4) is 0 Å². The molecule has 0 heterocycles. The number of aryl methyl sites for hydroxylation is 1.